The van der Waals surface area contributed by atoms with Crippen molar-refractivity contribution in [1.82, 2.24) is 30.4 Å². The minimum Gasteiger partial charge on any atom is -0.416 e. The van der Waals surface area contributed by atoms with Gasteiger partial charge in [-0.05, 0) is 146 Å². The molecule has 72 heavy (non-hydrogen) atoms. The summed E-state index contributed by atoms with van der Waals surface area (Å²) >= 11 is 0. The molecule has 0 amide bonds. The fraction of sp³-hybridized carbons (Fsp3) is 0.0323. The van der Waals surface area contributed by atoms with Gasteiger partial charge in [0, 0.05) is 67.5 Å². The summed E-state index contributed by atoms with van der Waals surface area (Å²) in [7, 11) is 0. The quantitative estimate of drug-likeness (QED) is 0.117. The monoisotopic (exact) mass is 932 g/mol. The van der Waals surface area contributed by atoms with Gasteiger partial charge < -0.3 is 18.6 Å². The lowest BCUT2D eigenvalue weighted by atomic mass is 10.0. The zero-order chi connectivity index (χ0) is 48.4. The zero-order valence-electron chi connectivity index (χ0n) is 39.3. The molecule has 0 atom stereocenters. The van der Waals surface area contributed by atoms with Crippen molar-refractivity contribution in [2.24, 2.45) is 0 Å². The highest BCUT2D eigenvalue weighted by molar-refractivity contribution is 5.91. The Morgan fingerprint density at radius 1 is 0.264 bits per heavy atom. The lowest BCUT2D eigenvalue weighted by Gasteiger charge is -2.26. The average molecular weight is 933 g/mol. The third-order valence-electron chi connectivity index (χ3n) is 12.7. The summed E-state index contributed by atoms with van der Waals surface area (Å²) in [4.78, 5) is 15.3. The molecule has 0 bridgehead atoms. The number of nitrogens with zero attached hydrogens (tertiary/aromatic N) is 8. The van der Waals surface area contributed by atoms with E-state index in [1.807, 2.05) is 97.1 Å². The number of benzene rings is 9. The topological polar surface area (TPSA) is 110 Å². The van der Waals surface area contributed by atoms with Gasteiger partial charge in [-0.2, -0.15) is 0 Å². The van der Waals surface area contributed by atoms with E-state index < -0.39 is 0 Å². The highest BCUT2D eigenvalue weighted by Gasteiger charge is 2.21. The molecule has 9 aromatic carbocycles. The van der Waals surface area contributed by atoms with E-state index in [1.165, 1.54) is 0 Å². The van der Waals surface area contributed by atoms with E-state index >= 15 is 0 Å². The summed E-state index contributed by atoms with van der Waals surface area (Å²) in [6.45, 7) is 4.19. The number of hydrogen-bond donors (Lipinski definition) is 0. The number of para-hydroxylation sites is 2. The minimum atomic E-state index is 0.461. The molecule has 0 aliphatic carbocycles. The molecule has 10 heteroatoms. The van der Waals surface area contributed by atoms with Crippen molar-refractivity contribution >= 4 is 45.2 Å². The Morgan fingerprint density at radius 2 is 0.514 bits per heavy atom. The SMILES string of the molecule is Cc1ccc(C)c2nc(-c3ccc(N(c4ccccc4)c4ccc(-c5nnc(-c6ccccc6)o5)cc4)cc3)c(-c3ccc(N(c4ccccc4)c4ccc(-c5nnc(-c6ccccc6)o5)cc4)cc3)nc12. The van der Waals surface area contributed by atoms with Gasteiger partial charge >= 0.3 is 0 Å². The van der Waals surface area contributed by atoms with Crippen molar-refractivity contribution in [1.29, 1.82) is 0 Å². The van der Waals surface area contributed by atoms with Crippen LogP contribution in [0.25, 0.3) is 79.4 Å². The van der Waals surface area contributed by atoms with Crippen LogP contribution in [0.5, 0.6) is 0 Å². The van der Waals surface area contributed by atoms with E-state index in [2.05, 4.69) is 178 Å². The molecule has 0 saturated carbocycles. The van der Waals surface area contributed by atoms with Gasteiger partial charge in [0.1, 0.15) is 0 Å². The molecule has 0 radical (unpaired) electrons. The predicted octanol–water partition coefficient (Wildman–Crippen LogP) is 16.0. The van der Waals surface area contributed by atoms with Crippen molar-refractivity contribution in [2.45, 2.75) is 13.8 Å². The molecule has 10 nitrogen and oxygen atoms in total. The Hall–Kier alpha value is -9.80. The molecular formula is C62H44N8O2. The van der Waals surface area contributed by atoms with Gasteiger partial charge in [-0.3, -0.25) is 0 Å². The standard InChI is InChI=1S/C62H44N8O2/c1-41-23-24-42(2)56-55(41)63-57(43-25-33-51(34-26-43)69(49-19-11-5-12-20-49)53-37-29-47(30-38-53)61-67-65-59(71-61)45-15-7-3-8-16-45)58(64-56)44-27-35-52(36-28-44)70(50-21-13-6-14-22-50)54-39-31-48(32-40-54)62-68-66-60(72-62)46-17-9-4-10-18-46/h3-40H,1-2H3. The number of fused-ring (bicyclic) bond motifs is 1. The number of aromatic nitrogens is 6. The van der Waals surface area contributed by atoms with Crippen molar-refractivity contribution in [3.8, 4) is 68.3 Å². The molecule has 0 spiro atoms. The molecule has 344 valence electrons. The highest BCUT2D eigenvalue weighted by Crippen LogP contribution is 2.41. The molecular weight excluding hydrogens is 889 g/mol. The Kier molecular flexibility index (Phi) is 11.4. The molecule has 0 fully saturated rings. The van der Waals surface area contributed by atoms with Crippen LogP contribution in [-0.2, 0) is 0 Å². The fourth-order valence-corrected chi connectivity index (χ4v) is 8.96. The largest absolute Gasteiger partial charge is 0.416 e. The zero-order valence-corrected chi connectivity index (χ0v) is 39.3. The maximum atomic E-state index is 6.09. The normalized spacial score (nSPS) is 11.2. The van der Waals surface area contributed by atoms with Crippen LogP contribution < -0.4 is 9.80 Å². The lowest BCUT2D eigenvalue weighted by Crippen LogP contribution is -2.10. The minimum absolute atomic E-state index is 0.461. The summed E-state index contributed by atoms with van der Waals surface area (Å²) in [5.41, 5.74) is 16.8. The summed E-state index contributed by atoms with van der Waals surface area (Å²) in [5.74, 6) is 1.89. The number of hydrogen-bond acceptors (Lipinski definition) is 10. The second kappa shape index (κ2) is 18.9. The van der Waals surface area contributed by atoms with E-state index in [1.54, 1.807) is 0 Å². The number of aryl methyl sites for hydroxylation is 2. The number of anilines is 6. The molecule has 3 aromatic heterocycles. The van der Waals surface area contributed by atoms with Crippen molar-refractivity contribution in [2.75, 3.05) is 9.80 Å². The van der Waals surface area contributed by atoms with Crippen LogP contribution in [0.2, 0.25) is 0 Å². The highest BCUT2D eigenvalue weighted by atomic mass is 16.4. The average Bonchev–Trinajstić information content (AvgIpc) is 4.16. The first-order valence-corrected chi connectivity index (χ1v) is 23.7. The summed E-state index contributed by atoms with van der Waals surface area (Å²) < 4.78 is 12.2. The van der Waals surface area contributed by atoms with Crippen molar-refractivity contribution < 1.29 is 8.83 Å². The Morgan fingerprint density at radius 3 is 0.819 bits per heavy atom. The van der Waals surface area contributed by atoms with E-state index in [-0.39, 0.29) is 0 Å². The molecule has 0 aliphatic rings. The lowest BCUT2D eigenvalue weighted by molar-refractivity contribution is 0.584. The summed E-state index contributed by atoms with van der Waals surface area (Å²) in [6.07, 6.45) is 0. The molecule has 0 aliphatic heterocycles. The number of rotatable bonds is 12. The molecule has 12 rings (SSSR count). The summed E-state index contributed by atoms with van der Waals surface area (Å²) in [6, 6.07) is 78.0. The molecule has 0 unspecified atom stereocenters. The van der Waals surface area contributed by atoms with Gasteiger partial charge in [0.15, 0.2) is 0 Å². The Labute approximate surface area is 416 Å². The van der Waals surface area contributed by atoms with Crippen LogP contribution in [0, 0.1) is 13.8 Å². The van der Waals surface area contributed by atoms with Gasteiger partial charge in [-0.1, -0.05) is 109 Å². The third kappa shape index (κ3) is 8.54. The third-order valence-corrected chi connectivity index (χ3v) is 12.7. The van der Waals surface area contributed by atoms with Crippen LogP contribution in [0.3, 0.4) is 0 Å². The van der Waals surface area contributed by atoms with Crippen LogP contribution in [0.15, 0.2) is 239 Å². The predicted molar refractivity (Wildman–Crippen MR) is 287 cm³/mol. The van der Waals surface area contributed by atoms with Gasteiger partial charge in [0.05, 0.1) is 22.4 Å². The smallest absolute Gasteiger partial charge is 0.248 e. The Balaban J connectivity index is 0.878. The first-order chi connectivity index (χ1) is 35.5. The Bertz CT molecular complexity index is 3540. The molecule has 12 aromatic rings. The second-order valence-corrected chi connectivity index (χ2v) is 17.4. The second-order valence-electron chi connectivity index (χ2n) is 17.4. The van der Waals surface area contributed by atoms with Crippen molar-refractivity contribution in [3.05, 3.63) is 242 Å². The molecule has 3 heterocycles. The van der Waals surface area contributed by atoms with E-state index in [9.17, 15) is 0 Å². The van der Waals surface area contributed by atoms with Crippen LogP contribution in [-0.4, -0.2) is 30.4 Å². The van der Waals surface area contributed by atoms with Gasteiger partial charge in [-0.25, -0.2) is 9.97 Å². The summed E-state index contributed by atoms with van der Waals surface area (Å²) in [5, 5.41) is 17.3. The van der Waals surface area contributed by atoms with Gasteiger partial charge in [0.25, 0.3) is 0 Å². The fourth-order valence-electron chi connectivity index (χ4n) is 8.96. The van der Waals surface area contributed by atoms with Gasteiger partial charge in [-0.15, -0.1) is 20.4 Å². The van der Waals surface area contributed by atoms with Crippen molar-refractivity contribution in [3.63, 3.8) is 0 Å². The maximum Gasteiger partial charge on any atom is 0.248 e. The van der Waals surface area contributed by atoms with Crippen LogP contribution in [0.1, 0.15) is 11.1 Å². The first-order valence-electron chi connectivity index (χ1n) is 23.7. The molecule has 0 N–H and O–H groups in total. The maximum absolute atomic E-state index is 6.09. The van der Waals surface area contributed by atoms with E-state index in [4.69, 9.17) is 18.8 Å². The first kappa shape index (κ1) is 43.5. The van der Waals surface area contributed by atoms with Crippen LogP contribution >= 0.6 is 0 Å². The van der Waals surface area contributed by atoms with Gasteiger partial charge in [0.2, 0.25) is 23.6 Å². The van der Waals surface area contributed by atoms with E-state index in [0.717, 1.165) is 101 Å². The van der Waals surface area contributed by atoms with E-state index in [0.29, 0.717) is 23.6 Å². The molecule has 0 saturated heterocycles. The van der Waals surface area contributed by atoms with Crippen LogP contribution in [0.4, 0.5) is 34.1 Å².